The van der Waals surface area contributed by atoms with Crippen molar-refractivity contribution in [3.8, 4) is 5.75 Å². The van der Waals surface area contributed by atoms with Crippen LogP contribution in [0.15, 0.2) is 43.1 Å². The topological polar surface area (TPSA) is 25.4 Å². The number of hydrogen-bond acceptors (Lipinski definition) is 3. The van der Waals surface area contributed by atoms with Crippen molar-refractivity contribution in [2.75, 3.05) is 20.2 Å². The molecule has 1 aromatic carbocycles. The Hall–Kier alpha value is -1.58. The third-order valence-corrected chi connectivity index (χ3v) is 6.30. The van der Waals surface area contributed by atoms with Crippen LogP contribution in [0.1, 0.15) is 23.8 Å². The van der Waals surface area contributed by atoms with Gasteiger partial charge in [-0.25, -0.2) is 0 Å². The summed E-state index contributed by atoms with van der Waals surface area (Å²) < 4.78 is 5.39. The van der Waals surface area contributed by atoms with Crippen LogP contribution in [0.3, 0.4) is 0 Å². The Labute approximate surface area is 148 Å². The van der Waals surface area contributed by atoms with Gasteiger partial charge in [-0.1, -0.05) is 6.08 Å². The highest BCUT2D eigenvalue weighted by Gasteiger charge is 2.42. The molecule has 1 aromatic heterocycles. The summed E-state index contributed by atoms with van der Waals surface area (Å²) in [6.45, 7) is 6.25. The summed E-state index contributed by atoms with van der Waals surface area (Å²) >= 11 is 7.01. The van der Waals surface area contributed by atoms with Crippen molar-refractivity contribution >= 4 is 22.5 Å². The van der Waals surface area contributed by atoms with Gasteiger partial charge in [0.05, 0.1) is 18.0 Å². The molecule has 0 amide bonds. The van der Waals surface area contributed by atoms with Crippen LogP contribution < -0.4 is 4.74 Å². The molecule has 4 heteroatoms. The molecule has 0 saturated carbocycles. The Balaban J connectivity index is 1.69. The van der Waals surface area contributed by atoms with Crippen LogP contribution >= 0.6 is 11.6 Å². The molecule has 3 nitrogen and oxygen atoms in total. The highest BCUT2D eigenvalue weighted by molar-refractivity contribution is 6.22. The smallest absolute Gasteiger partial charge is 0.119 e. The Kier molecular flexibility index (Phi) is 4.23. The molecular weight excluding hydrogens is 320 g/mol. The number of pyridine rings is 1. The minimum absolute atomic E-state index is 0.0313. The van der Waals surface area contributed by atoms with E-state index in [4.69, 9.17) is 16.3 Å². The van der Waals surface area contributed by atoms with Crippen LogP contribution in [0.4, 0.5) is 0 Å². The number of ether oxygens (including phenoxy) is 1. The molecule has 126 valence electrons. The second-order valence-electron chi connectivity index (χ2n) is 6.93. The molecule has 3 aliphatic heterocycles. The molecule has 0 spiro atoms. The standard InChI is InChI=1S/C20H23ClN2O/c1-3-13-12-23-9-7-14(13)10-19(23)20(21)16-6-8-22-18-5-4-15(24-2)11-17(16)18/h3-6,8,11,13-14,19-20H,1,7,9-10,12H2,2H3/t13-,14-,19+,20-/m0/s1. The first-order valence-electron chi connectivity index (χ1n) is 8.64. The molecule has 3 fully saturated rings. The van der Waals surface area contributed by atoms with Crippen molar-refractivity contribution in [3.63, 3.8) is 0 Å². The molecule has 4 heterocycles. The fourth-order valence-corrected chi connectivity index (χ4v) is 4.86. The van der Waals surface area contributed by atoms with E-state index in [9.17, 15) is 0 Å². The summed E-state index contributed by atoms with van der Waals surface area (Å²) in [5, 5.41) is 1.07. The Morgan fingerprint density at radius 1 is 1.42 bits per heavy atom. The van der Waals surface area contributed by atoms with Gasteiger partial charge in [0.2, 0.25) is 0 Å². The van der Waals surface area contributed by atoms with Gasteiger partial charge in [-0.2, -0.15) is 0 Å². The van der Waals surface area contributed by atoms with Crippen molar-refractivity contribution in [2.45, 2.75) is 24.3 Å². The van der Waals surface area contributed by atoms with E-state index in [0.717, 1.165) is 47.6 Å². The van der Waals surface area contributed by atoms with Gasteiger partial charge in [0, 0.05) is 24.2 Å². The lowest BCUT2D eigenvalue weighted by molar-refractivity contribution is 0.0173. The number of fused-ring (bicyclic) bond motifs is 4. The zero-order valence-corrected chi connectivity index (χ0v) is 14.7. The molecule has 0 aliphatic carbocycles. The quantitative estimate of drug-likeness (QED) is 0.607. The van der Waals surface area contributed by atoms with Crippen molar-refractivity contribution in [1.82, 2.24) is 9.88 Å². The minimum atomic E-state index is -0.0313. The number of rotatable bonds is 4. The monoisotopic (exact) mass is 342 g/mol. The molecule has 5 rings (SSSR count). The van der Waals surface area contributed by atoms with Crippen LogP contribution in [0.25, 0.3) is 10.9 Å². The van der Waals surface area contributed by atoms with Crippen molar-refractivity contribution < 1.29 is 4.74 Å². The van der Waals surface area contributed by atoms with E-state index in [0.29, 0.717) is 12.0 Å². The van der Waals surface area contributed by atoms with Crippen molar-refractivity contribution in [1.29, 1.82) is 0 Å². The van der Waals surface area contributed by atoms with Gasteiger partial charge in [0.25, 0.3) is 0 Å². The van der Waals surface area contributed by atoms with Gasteiger partial charge >= 0.3 is 0 Å². The highest BCUT2D eigenvalue weighted by Crippen LogP contribution is 2.44. The minimum Gasteiger partial charge on any atom is -0.497 e. The molecule has 2 bridgehead atoms. The van der Waals surface area contributed by atoms with E-state index in [-0.39, 0.29) is 5.38 Å². The fraction of sp³-hybridized carbons (Fsp3) is 0.450. The molecule has 5 atom stereocenters. The van der Waals surface area contributed by atoms with Crippen LogP contribution in [0, 0.1) is 11.8 Å². The average molecular weight is 343 g/mol. The zero-order valence-electron chi connectivity index (χ0n) is 14.0. The first kappa shape index (κ1) is 15.9. The van der Waals surface area contributed by atoms with E-state index in [1.165, 1.54) is 6.42 Å². The second-order valence-corrected chi connectivity index (χ2v) is 7.40. The van der Waals surface area contributed by atoms with Crippen molar-refractivity contribution in [2.24, 2.45) is 11.8 Å². The fourth-order valence-electron chi connectivity index (χ4n) is 4.40. The van der Waals surface area contributed by atoms with Crippen molar-refractivity contribution in [3.05, 3.63) is 48.7 Å². The van der Waals surface area contributed by atoms with Crippen LogP contribution in [0.5, 0.6) is 5.75 Å². The predicted molar refractivity (Wildman–Crippen MR) is 98.7 cm³/mol. The summed E-state index contributed by atoms with van der Waals surface area (Å²) in [6.07, 6.45) is 6.41. The number of halogens is 1. The number of nitrogens with zero attached hydrogens (tertiary/aromatic N) is 2. The molecular formula is C20H23ClN2O. The summed E-state index contributed by atoms with van der Waals surface area (Å²) in [4.78, 5) is 7.03. The van der Waals surface area contributed by atoms with Crippen LogP contribution in [-0.4, -0.2) is 36.1 Å². The molecule has 3 aliphatic rings. The molecule has 2 aromatic rings. The summed E-state index contributed by atoms with van der Waals surface area (Å²) in [7, 11) is 1.69. The Morgan fingerprint density at radius 3 is 3.00 bits per heavy atom. The second kappa shape index (κ2) is 6.38. The van der Waals surface area contributed by atoms with Crippen LogP contribution in [-0.2, 0) is 0 Å². The predicted octanol–water partition coefficient (Wildman–Crippen LogP) is 4.42. The first-order valence-corrected chi connectivity index (χ1v) is 9.08. The number of hydrogen-bond donors (Lipinski definition) is 0. The molecule has 0 N–H and O–H groups in total. The van der Waals surface area contributed by atoms with Gasteiger partial charge in [-0.15, -0.1) is 18.2 Å². The maximum absolute atomic E-state index is 7.01. The molecule has 1 unspecified atom stereocenters. The first-order chi connectivity index (χ1) is 11.7. The summed E-state index contributed by atoms with van der Waals surface area (Å²) in [6, 6.07) is 8.45. The highest BCUT2D eigenvalue weighted by atomic mass is 35.5. The van der Waals surface area contributed by atoms with Gasteiger partial charge in [0.1, 0.15) is 5.75 Å². The summed E-state index contributed by atoms with van der Waals surface area (Å²) in [5.41, 5.74) is 2.13. The van der Waals surface area contributed by atoms with E-state index >= 15 is 0 Å². The number of benzene rings is 1. The molecule has 3 saturated heterocycles. The van der Waals surface area contributed by atoms with Gasteiger partial charge in [0.15, 0.2) is 0 Å². The maximum atomic E-state index is 7.01. The Bertz CT molecular complexity index is 762. The van der Waals surface area contributed by atoms with Crippen LogP contribution in [0.2, 0.25) is 0 Å². The lowest BCUT2D eigenvalue weighted by atomic mass is 9.74. The van der Waals surface area contributed by atoms with Gasteiger partial charge in [-0.3, -0.25) is 9.88 Å². The lowest BCUT2D eigenvalue weighted by Crippen LogP contribution is -2.54. The number of piperidine rings is 3. The van der Waals surface area contributed by atoms with E-state index in [1.807, 2.05) is 18.3 Å². The SMILES string of the molecule is C=C[C@H]1CN2CC[C@H]1C[C@@H]2[C@@H](Cl)c1ccnc2ccc(OC)cc12. The number of alkyl halides is 1. The number of methoxy groups -OCH3 is 1. The third-order valence-electron chi connectivity index (χ3n) is 5.77. The van der Waals surface area contributed by atoms with Gasteiger partial charge in [-0.05, 0) is 61.1 Å². The maximum Gasteiger partial charge on any atom is 0.119 e. The largest absolute Gasteiger partial charge is 0.497 e. The molecule has 24 heavy (non-hydrogen) atoms. The van der Waals surface area contributed by atoms with E-state index in [1.54, 1.807) is 7.11 Å². The lowest BCUT2D eigenvalue weighted by Gasteiger charge is -2.50. The summed E-state index contributed by atoms with van der Waals surface area (Å²) in [5.74, 6) is 2.19. The normalized spacial score (nSPS) is 30.2. The molecule has 0 radical (unpaired) electrons. The van der Waals surface area contributed by atoms with E-state index in [2.05, 4.69) is 34.7 Å². The van der Waals surface area contributed by atoms with E-state index < -0.39 is 0 Å². The third kappa shape index (κ3) is 2.60. The number of aromatic nitrogens is 1. The van der Waals surface area contributed by atoms with Gasteiger partial charge < -0.3 is 4.74 Å². The zero-order chi connectivity index (χ0) is 16.7. The average Bonchev–Trinajstić information content (AvgIpc) is 2.66. The Morgan fingerprint density at radius 2 is 2.29 bits per heavy atom.